The highest BCUT2D eigenvalue weighted by molar-refractivity contribution is 9.10. The molecule has 0 aliphatic heterocycles. The van der Waals surface area contributed by atoms with Crippen LogP contribution in [-0.4, -0.2) is 6.04 Å². The summed E-state index contributed by atoms with van der Waals surface area (Å²) in [6.45, 7) is 2.20. The zero-order valence-corrected chi connectivity index (χ0v) is 17.1. The molecule has 0 fully saturated rings. The van der Waals surface area contributed by atoms with Gasteiger partial charge in [0.25, 0.3) is 0 Å². The lowest BCUT2D eigenvalue weighted by molar-refractivity contribution is 0.664. The van der Waals surface area contributed by atoms with E-state index in [1.807, 2.05) is 6.07 Å². The minimum atomic E-state index is 0.144. The van der Waals surface area contributed by atoms with Gasteiger partial charge in [-0.15, -0.1) is 0 Å². The van der Waals surface area contributed by atoms with Gasteiger partial charge in [0.15, 0.2) is 0 Å². The molecule has 0 heterocycles. The maximum Gasteiger partial charge on any atom is 0.0712 e. The fourth-order valence-electron chi connectivity index (χ4n) is 2.78. The van der Waals surface area contributed by atoms with Crippen LogP contribution in [0.25, 0.3) is 0 Å². The minimum Gasteiger partial charge on any atom is -0.380 e. The maximum absolute atomic E-state index is 3.66. The first-order chi connectivity index (χ1) is 12.1. The van der Waals surface area contributed by atoms with Gasteiger partial charge in [-0.2, -0.15) is 0 Å². The van der Waals surface area contributed by atoms with Crippen molar-refractivity contribution in [2.24, 2.45) is 0 Å². The van der Waals surface area contributed by atoms with E-state index in [1.165, 1.54) is 5.56 Å². The van der Waals surface area contributed by atoms with Gasteiger partial charge < -0.3 is 10.6 Å². The Kier molecular flexibility index (Phi) is 6.16. The van der Waals surface area contributed by atoms with E-state index >= 15 is 0 Å². The third kappa shape index (κ3) is 5.10. The molecule has 0 saturated heterocycles. The molecule has 2 nitrogen and oxygen atoms in total. The van der Waals surface area contributed by atoms with Crippen LogP contribution in [0.4, 0.5) is 11.4 Å². The van der Waals surface area contributed by atoms with E-state index in [4.69, 9.17) is 0 Å². The molecule has 2 N–H and O–H groups in total. The van der Waals surface area contributed by atoms with Crippen molar-refractivity contribution < 1.29 is 0 Å². The third-order valence-corrected chi connectivity index (χ3v) is 5.12. The van der Waals surface area contributed by atoms with Crippen LogP contribution in [-0.2, 0) is 0 Å². The first-order valence-corrected chi connectivity index (χ1v) is 9.79. The Morgan fingerprint density at radius 3 is 1.64 bits per heavy atom. The summed E-state index contributed by atoms with van der Waals surface area (Å²) < 4.78 is 2.16. The van der Waals surface area contributed by atoms with Crippen LogP contribution in [0, 0.1) is 0 Å². The number of hydrogen-bond donors (Lipinski definition) is 2. The van der Waals surface area contributed by atoms with Crippen LogP contribution < -0.4 is 10.6 Å². The lowest BCUT2D eigenvalue weighted by atomic mass is 9.99. The molecule has 3 rings (SSSR count). The SMILES string of the molecule is CC(Nc1ccc(Br)cc1)C(Nc1ccc(Br)cc1)c1ccccc1. The van der Waals surface area contributed by atoms with E-state index in [9.17, 15) is 0 Å². The average molecular weight is 460 g/mol. The van der Waals surface area contributed by atoms with Crippen molar-refractivity contribution in [3.63, 3.8) is 0 Å². The van der Waals surface area contributed by atoms with Gasteiger partial charge in [0, 0.05) is 26.4 Å². The Morgan fingerprint density at radius 2 is 1.12 bits per heavy atom. The van der Waals surface area contributed by atoms with Crippen LogP contribution in [0.2, 0.25) is 0 Å². The average Bonchev–Trinajstić information content (AvgIpc) is 2.64. The van der Waals surface area contributed by atoms with E-state index in [0.29, 0.717) is 0 Å². The summed E-state index contributed by atoms with van der Waals surface area (Å²) in [5.74, 6) is 0. The number of anilines is 2. The number of rotatable bonds is 6. The van der Waals surface area contributed by atoms with Gasteiger partial charge in [0.1, 0.15) is 0 Å². The lowest BCUT2D eigenvalue weighted by Gasteiger charge is -2.28. The molecule has 0 spiro atoms. The van der Waals surface area contributed by atoms with Gasteiger partial charge >= 0.3 is 0 Å². The zero-order chi connectivity index (χ0) is 17.6. The first kappa shape index (κ1) is 18.0. The molecule has 4 heteroatoms. The van der Waals surface area contributed by atoms with Gasteiger partial charge in [0.05, 0.1) is 6.04 Å². The van der Waals surface area contributed by atoms with Crippen molar-refractivity contribution in [3.05, 3.63) is 93.4 Å². The highest BCUT2D eigenvalue weighted by atomic mass is 79.9. The second-order valence-corrected chi connectivity index (χ2v) is 7.81. The number of halogens is 2. The van der Waals surface area contributed by atoms with E-state index in [-0.39, 0.29) is 12.1 Å². The minimum absolute atomic E-state index is 0.144. The Hall–Kier alpha value is -1.78. The molecule has 0 aliphatic rings. The quantitative estimate of drug-likeness (QED) is 0.420. The Labute approximate surface area is 165 Å². The van der Waals surface area contributed by atoms with Crippen LogP contribution in [0.15, 0.2) is 87.8 Å². The summed E-state index contributed by atoms with van der Waals surface area (Å²) in [5.41, 5.74) is 3.46. The fourth-order valence-corrected chi connectivity index (χ4v) is 3.30. The van der Waals surface area contributed by atoms with E-state index in [0.717, 1.165) is 20.3 Å². The van der Waals surface area contributed by atoms with Crippen LogP contribution in [0.5, 0.6) is 0 Å². The second-order valence-electron chi connectivity index (χ2n) is 5.98. The third-order valence-electron chi connectivity index (χ3n) is 4.06. The van der Waals surface area contributed by atoms with E-state index in [2.05, 4.69) is 122 Å². The fraction of sp³-hybridized carbons (Fsp3) is 0.143. The standard InChI is InChI=1S/C21H20Br2N2/c1-15(24-19-11-7-17(22)8-12-19)21(16-5-3-2-4-6-16)25-20-13-9-18(23)10-14-20/h2-15,21,24-25H,1H3. The molecule has 2 unspecified atom stereocenters. The highest BCUT2D eigenvalue weighted by Gasteiger charge is 2.19. The van der Waals surface area contributed by atoms with Crippen LogP contribution in [0.3, 0.4) is 0 Å². The molecular weight excluding hydrogens is 440 g/mol. The molecule has 0 bridgehead atoms. The smallest absolute Gasteiger partial charge is 0.0712 e. The largest absolute Gasteiger partial charge is 0.380 e. The van der Waals surface area contributed by atoms with Crippen molar-refractivity contribution in [1.82, 2.24) is 0 Å². The van der Waals surface area contributed by atoms with Gasteiger partial charge in [-0.3, -0.25) is 0 Å². The van der Waals surface area contributed by atoms with Gasteiger partial charge in [-0.25, -0.2) is 0 Å². The molecule has 3 aromatic carbocycles. The van der Waals surface area contributed by atoms with Crippen LogP contribution in [0.1, 0.15) is 18.5 Å². The Bertz CT molecular complexity index is 786. The molecule has 0 amide bonds. The van der Waals surface area contributed by atoms with E-state index < -0.39 is 0 Å². The second kappa shape index (κ2) is 8.54. The normalized spacial score (nSPS) is 13.1. The van der Waals surface area contributed by atoms with Crippen molar-refractivity contribution in [1.29, 1.82) is 0 Å². The zero-order valence-electron chi connectivity index (χ0n) is 13.9. The predicted octanol–water partition coefficient (Wildman–Crippen LogP) is 6.87. The molecule has 3 aromatic rings. The van der Waals surface area contributed by atoms with Crippen molar-refractivity contribution in [2.45, 2.75) is 19.0 Å². The lowest BCUT2D eigenvalue weighted by Crippen LogP contribution is -2.29. The van der Waals surface area contributed by atoms with Crippen molar-refractivity contribution in [3.8, 4) is 0 Å². The summed E-state index contributed by atoms with van der Waals surface area (Å²) >= 11 is 6.98. The summed E-state index contributed by atoms with van der Waals surface area (Å²) in [5, 5.41) is 7.27. The molecule has 2 atom stereocenters. The summed E-state index contributed by atoms with van der Waals surface area (Å²) in [6, 6.07) is 27.4. The number of benzene rings is 3. The monoisotopic (exact) mass is 458 g/mol. The van der Waals surface area contributed by atoms with Crippen LogP contribution >= 0.6 is 31.9 Å². The molecule has 0 radical (unpaired) electrons. The topological polar surface area (TPSA) is 24.1 Å². The molecule has 0 saturated carbocycles. The number of hydrogen-bond acceptors (Lipinski definition) is 2. The first-order valence-electron chi connectivity index (χ1n) is 8.21. The molecule has 128 valence electrons. The summed E-state index contributed by atoms with van der Waals surface area (Å²) in [7, 11) is 0. The van der Waals surface area contributed by atoms with Gasteiger partial charge in [-0.1, -0.05) is 62.2 Å². The molecule has 0 aliphatic carbocycles. The molecule has 0 aromatic heterocycles. The predicted molar refractivity (Wildman–Crippen MR) is 114 cm³/mol. The molecule has 25 heavy (non-hydrogen) atoms. The van der Waals surface area contributed by atoms with E-state index in [1.54, 1.807) is 0 Å². The van der Waals surface area contributed by atoms with Gasteiger partial charge in [-0.05, 0) is 61.0 Å². The van der Waals surface area contributed by atoms with Crippen molar-refractivity contribution in [2.75, 3.05) is 10.6 Å². The Morgan fingerprint density at radius 1 is 0.640 bits per heavy atom. The van der Waals surface area contributed by atoms with Gasteiger partial charge in [0.2, 0.25) is 0 Å². The molecular formula is C21H20Br2N2. The summed E-state index contributed by atoms with van der Waals surface area (Å²) in [6.07, 6.45) is 0. The highest BCUT2D eigenvalue weighted by Crippen LogP contribution is 2.26. The Balaban J connectivity index is 1.82. The maximum atomic E-state index is 3.66. The number of nitrogens with one attached hydrogen (secondary N) is 2. The summed E-state index contributed by atoms with van der Waals surface area (Å²) in [4.78, 5) is 0. The van der Waals surface area contributed by atoms with Crippen molar-refractivity contribution >= 4 is 43.2 Å².